The molecule has 0 amide bonds. The van der Waals surface area contributed by atoms with Gasteiger partial charge in [-0.05, 0) is 12.8 Å². The highest BCUT2D eigenvalue weighted by Crippen LogP contribution is 2.15. The Kier molecular flexibility index (Phi) is 6.44. The Hall–Kier alpha value is -1.12. The molecule has 0 aliphatic heterocycles. The Bertz CT molecular complexity index is 600. The average Bonchev–Trinajstić information content (AvgIpc) is 2.37. The van der Waals surface area contributed by atoms with Gasteiger partial charge in [-0.1, -0.05) is 24.9 Å². The van der Waals surface area contributed by atoms with E-state index >= 15 is 0 Å². The average molecular weight is 323 g/mol. The number of aromatic nitrogens is 2. The molecule has 0 fully saturated rings. The second kappa shape index (κ2) is 7.61. The Balaban J connectivity index is 2.64. The molecule has 9 heteroatoms. The monoisotopic (exact) mass is 322 g/mol. The SMILES string of the molecule is CCCCn1ncc(NCCCS(N)(=O)=O)c(Cl)c1=O. The van der Waals surface area contributed by atoms with Crippen molar-refractivity contribution in [2.75, 3.05) is 17.6 Å². The van der Waals surface area contributed by atoms with Crippen molar-refractivity contribution in [1.29, 1.82) is 0 Å². The standard InChI is InChI=1S/C11H19ClN4O3S/c1-2-3-6-16-11(17)10(12)9(8-15-16)14-5-4-7-20(13,18)19/h8,14H,2-7H2,1H3,(H2,13,18,19). The molecule has 0 aliphatic rings. The maximum absolute atomic E-state index is 11.9. The lowest BCUT2D eigenvalue weighted by Gasteiger charge is -2.09. The van der Waals surface area contributed by atoms with Crippen molar-refractivity contribution in [1.82, 2.24) is 9.78 Å². The summed E-state index contributed by atoms with van der Waals surface area (Å²) in [5.41, 5.74) is 0.0513. The molecule has 1 rings (SSSR count). The van der Waals surface area contributed by atoms with E-state index in [1.807, 2.05) is 6.92 Å². The lowest BCUT2D eigenvalue weighted by molar-refractivity contribution is 0.543. The Morgan fingerprint density at radius 1 is 1.45 bits per heavy atom. The molecule has 1 heterocycles. The van der Waals surface area contributed by atoms with Crippen LogP contribution in [0.3, 0.4) is 0 Å². The number of aryl methyl sites for hydroxylation is 1. The van der Waals surface area contributed by atoms with Crippen molar-refractivity contribution < 1.29 is 8.42 Å². The van der Waals surface area contributed by atoms with E-state index in [9.17, 15) is 13.2 Å². The summed E-state index contributed by atoms with van der Waals surface area (Å²) < 4.78 is 22.9. The number of unbranched alkanes of at least 4 members (excludes halogenated alkanes) is 1. The summed E-state index contributed by atoms with van der Waals surface area (Å²) in [5.74, 6) is -0.126. The van der Waals surface area contributed by atoms with E-state index in [1.54, 1.807) is 0 Å². The van der Waals surface area contributed by atoms with Gasteiger partial charge in [-0.15, -0.1) is 0 Å². The first-order valence-electron chi connectivity index (χ1n) is 6.35. The first kappa shape index (κ1) is 16.9. The summed E-state index contributed by atoms with van der Waals surface area (Å²) in [6.45, 7) is 2.89. The largest absolute Gasteiger partial charge is 0.382 e. The van der Waals surface area contributed by atoms with Crippen LogP contribution in [0.5, 0.6) is 0 Å². The van der Waals surface area contributed by atoms with Crippen LogP contribution in [0.2, 0.25) is 5.02 Å². The molecule has 0 unspecified atom stereocenters. The Labute approximate surface area is 123 Å². The number of halogens is 1. The lowest BCUT2D eigenvalue weighted by Crippen LogP contribution is -2.25. The minimum absolute atomic E-state index is 0.0618. The molecule has 0 saturated heterocycles. The molecule has 1 aromatic rings. The van der Waals surface area contributed by atoms with Crippen LogP contribution in [0.15, 0.2) is 11.0 Å². The molecule has 0 atom stereocenters. The predicted molar refractivity (Wildman–Crippen MR) is 79.5 cm³/mol. The van der Waals surface area contributed by atoms with Crippen molar-refractivity contribution >= 4 is 27.3 Å². The third-order valence-electron chi connectivity index (χ3n) is 2.63. The van der Waals surface area contributed by atoms with Crippen LogP contribution in [-0.2, 0) is 16.6 Å². The molecule has 20 heavy (non-hydrogen) atoms. The number of primary sulfonamides is 1. The van der Waals surface area contributed by atoms with E-state index in [-0.39, 0.29) is 16.3 Å². The maximum atomic E-state index is 11.9. The molecule has 0 spiro atoms. The van der Waals surface area contributed by atoms with Crippen molar-refractivity contribution in [3.05, 3.63) is 21.6 Å². The Morgan fingerprint density at radius 2 is 2.15 bits per heavy atom. The van der Waals surface area contributed by atoms with Crippen LogP contribution < -0.4 is 16.0 Å². The summed E-state index contributed by atoms with van der Waals surface area (Å²) >= 11 is 5.97. The smallest absolute Gasteiger partial charge is 0.287 e. The zero-order chi connectivity index (χ0) is 15.2. The fourth-order valence-corrected chi connectivity index (χ4v) is 2.31. The van der Waals surface area contributed by atoms with Gasteiger partial charge in [0, 0.05) is 13.1 Å². The van der Waals surface area contributed by atoms with Crippen LogP contribution in [-0.4, -0.2) is 30.5 Å². The quantitative estimate of drug-likeness (QED) is 0.688. The second-order valence-corrected chi connectivity index (χ2v) is 6.51. The number of nitrogens with one attached hydrogen (secondary N) is 1. The van der Waals surface area contributed by atoms with E-state index in [0.29, 0.717) is 25.2 Å². The third kappa shape index (κ3) is 5.48. The third-order valence-corrected chi connectivity index (χ3v) is 3.85. The van der Waals surface area contributed by atoms with E-state index in [0.717, 1.165) is 12.8 Å². The molecule has 1 aromatic heterocycles. The van der Waals surface area contributed by atoms with Gasteiger partial charge in [0.25, 0.3) is 5.56 Å². The Morgan fingerprint density at radius 3 is 2.75 bits per heavy atom. The maximum Gasteiger partial charge on any atom is 0.287 e. The van der Waals surface area contributed by atoms with Crippen LogP contribution >= 0.6 is 11.6 Å². The van der Waals surface area contributed by atoms with Gasteiger partial charge in [0.1, 0.15) is 5.02 Å². The highest BCUT2D eigenvalue weighted by molar-refractivity contribution is 7.89. The van der Waals surface area contributed by atoms with E-state index in [4.69, 9.17) is 16.7 Å². The van der Waals surface area contributed by atoms with E-state index in [1.165, 1.54) is 10.9 Å². The van der Waals surface area contributed by atoms with Crippen LogP contribution in [0, 0.1) is 0 Å². The van der Waals surface area contributed by atoms with E-state index < -0.39 is 10.0 Å². The summed E-state index contributed by atoms with van der Waals surface area (Å²) in [7, 11) is -3.47. The molecule has 3 N–H and O–H groups in total. The molecule has 114 valence electrons. The molecule has 7 nitrogen and oxygen atoms in total. The van der Waals surface area contributed by atoms with Gasteiger partial charge in [-0.2, -0.15) is 5.10 Å². The highest BCUT2D eigenvalue weighted by Gasteiger charge is 2.09. The minimum atomic E-state index is -3.47. The molecule has 0 saturated carbocycles. The van der Waals surface area contributed by atoms with Crippen LogP contribution in [0.1, 0.15) is 26.2 Å². The van der Waals surface area contributed by atoms with Crippen LogP contribution in [0.4, 0.5) is 5.69 Å². The fraction of sp³-hybridized carbons (Fsp3) is 0.636. The van der Waals surface area contributed by atoms with Gasteiger partial charge < -0.3 is 5.32 Å². The molecular weight excluding hydrogens is 304 g/mol. The number of hydrogen-bond donors (Lipinski definition) is 2. The molecule has 0 radical (unpaired) electrons. The summed E-state index contributed by atoms with van der Waals surface area (Å²) in [4.78, 5) is 11.9. The summed E-state index contributed by atoms with van der Waals surface area (Å²) in [6, 6.07) is 0. The predicted octanol–water partition coefficient (Wildman–Crippen LogP) is 0.787. The van der Waals surface area contributed by atoms with Gasteiger partial charge in [0.05, 0.1) is 17.6 Å². The van der Waals surface area contributed by atoms with Gasteiger partial charge in [0.15, 0.2) is 0 Å². The zero-order valence-corrected chi connectivity index (χ0v) is 12.9. The zero-order valence-electron chi connectivity index (χ0n) is 11.3. The first-order valence-corrected chi connectivity index (χ1v) is 8.44. The van der Waals surface area contributed by atoms with Gasteiger partial charge in [0.2, 0.25) is 10.0 Å². The molecule has 0 aliphatic carbocycles. The number of nitrogens with zero attached hydrogens (tertiary/aromatic N) is 2. The lowest BCUT2D eigenvalue weighted by atomic mass is 10.3. The number of hydrogen-bond acceptors (Lipinski definition) is 5. The number of sulfonamides is 1. The fourth-order valence-electron chi connectivity index (χ4n) is 1.55. The van der Waals surface area contributed by atoms with Crippen LogP contribution in [0.25, 0.3) is 0 Å². The highest BCUT2D eigenvalue weighted by atomic mass is 35.5. The van der Waals surface area contributed by atoms with Gasteiger partial charge in [-0.25, -0.2) is 18.2 Å². The second-order valence-electron chi connectivity index (χ2n) is 4.40. The first-order chi connectivity index (χ1) is 9.35. The van der Waals surface area contributed by atoms with Crippen molar-refractivity contribution in [2.24, 2.45) is 5.14 Å². The van der Waals surface area contributed by atoms with Gasteiger partial charge in [-0.3, -0.25) is 4.79 Å². The summed E-state index contributed by atoms with van der Waals surface area (Å²) in [6.07, 6.45) is 3.61. The van der Waals surface area contributed by atoms with Crippen molar-refractivity contribution in [3.8, 4) is 0 Å². The van der Waals surface area contributed by atoms with Crippen molar-refractivity contribution in [3.63, 3.8) is 0 Å². The number of anilines is 1. The molecule has 0 bridgehead atoms. The molecule has 0 aromatic carbocycles. The number of nitrogens with two attached hydrogens (primary N) is 1. The van der Waals surface area contributed by atoms with Gasteiger partial charge >= 0.3 is 0 Å². The normalized spacial score (nSPS) is 11.6. The minimum Gasteiger partial charge on any atom is -0.382 e. The van der Waals surface area contributed by atoms with E-state index in [2.05, 4.69) is 10.4 Å². The topological polar surface area (TPSA) is 107 Å². The van der Waals surface area contributed by atoms with Crippen molar-refractivity contribution in [2.45, 2.75) is 32.7 Å². The summed E-state index contributed by atoms with van der Waals surface area (Å²) in [5, 5.41) is 11.8. The number of rotatable bonds is 8. The molecular formula is C11H19ClN4O3S.